The Labute approximate surface area is 174 Å². The first-order valence-electron chi connectivity index (χ1n) is 9.57. The molecule has 6 heteroatoms. The van der Waals surface area contributed by atoms with Crippen LogP contribution in [0.3, 0.4) is 0 Å². The summed E-state index contributed by atoms with van der Waals surface area (Å²) in [6.45, 7) is 0.596. The standard InChI is InChI=1S/C23H21ClN2O3/c24-19-6-8-20(9-7-19)25-23(28)21-5-2-11-26(21)22(27)14-16-3-1-4-17(13-16)18-10-12-29-15-18/h1,3-4,6-10,12-13,15,21H,2,5,11,14H2,(H,25,28)/t21-/m0/s1. The lowest BCUT2D eigenvalue weighted by molar-refractivity contribution is -0.136. The highest BCUT2D eigenvalue weighted by Gasteiger charge is 2.33. The lowest BCUT2D eigenvalue weighted by atomic mass is 10.0. The second-order valence-corrected chi connectivity index (χ2v) is 7.57. The van der Waals surface area contributed by atoms with Gasteiger partial charge in [-0.3, -0.25) is 9.59 Å². The summed E-state index contributed by atoms with van der Waals surface area (Å²) in [7, 11) is 0. The van der Waals surface area contributed by atoms with Crippen LogP contribution in [0.25, 0.3) is 11.1 Å². The molecule has 1 saturated heterocycles. The third-order valence-electron chi connectivity index (χ3n) is 5.12. The predicted octanol–water partition coefficient (Wildman–Crippen LogP) is 4.77. The van der Waals surface area contributed by atoms with Gasteiger partial charge < -0.3 is 14.6 Å². The quantitative estimate of drug-likeness (QED) is 0.661. The molecule has 3 aromatic rings. The van der Waals surface area contributed by atoms with Gasteiger partial charge in [0.25, 0.3) is 0 Å². The molecule has 1 N–H and O–H groups in total. The van der Waals surface area contributed by atoms with Crippen LogP contribution < -0.4 is 5.32 Å². The van der Waals surface area contributed by atoms with Crippen LogP contribution in [0.1, 0.15) is 18.4 Å². The number of nitrogens with one attached hydrogen (secondary N) is 1. The van der Waals surface area contributed by atoms with Crippen molar-refractivity contribution < 1.29 is 14.0 Å². The van der Waals surface area contributed by atoms with E-state index in [1.807, 2.05) is 30.3 Å². The molecule has 0 bridgehead atoms. The Kier molecular flexibility index (Phi) is 5.67. The zero-order valence-electron chi connectivity index (χ0n) is 15.8. The number of hydrogen-bond donors (Lipinski definition) is 1. The summed E-state index contributed by atoms with van der Waals surface area (Å²) >= 11 is 5.89. The first-order chi connectivity index (χ1) is 14.1. The topological polar surface area (TPSA) is 62.6 Å². The minimum absolute atomic E-state index is 0.0388. The first kappa shape index (κ1) is 19.3. The lowest BCUT2D eigenvalue weighted by Gasteiger charge is -2.24. The molecule has 0 aliphatic carbocycles. The van der Waals surface area contributed by atoms with Gasteiger partial charge in [-0.05, 0) is 54.3 Å². The largest absolute Gasteiger partial charge is 0.472 e. The number of carbonyl (C=O) groups excluding carboxylic acids is 2. The summed E-state index contributed by atoms with van der Waals surface area (Å²) in [4.78, 5) is 27.4. The molecule has 0 unspecified atom stereocenters. The van der Waals surface area contributed by atoms with E-state index < -0.39 is 6.04 Å². The Balaban J connectivity index is 1.43. The van der Waals surface area contributed by atoms with Crippen LogP contribution in [0.4, 0.5) is 5.69 Å². The maximum atomic E-state index is 12.9. The molecule has 1 fully saturated rings. The Morgan fingerprint density at radius 3 is 2.69 bits per heavy atom. The Morgan fingerprint density at radius 2 is 1.93 bits per heavy atom. The van der Waals surface area contributed by atoms with Crippen LogP contribution in [0, 0.1) is 0 Å². The Morgan fingerprint density at radius 1 is 1.10 bits per heavy atom. The van der Waals surface area contributed by atoms with E-state index in [9.17, 15) is 9.59 Å². The number of halogens is 1. The number of amides is 2. The molecular formula is C23H21ClN2O3. The lowest BCUT2D eigenvalue weighted by Crippen LogP contribution is -2.43. The van der Waals surface area contributed by atoms with E-state index >= 15 is 0 Å². The molecular weight excluding hydrogens is 388 g/mol. The normalized spacial score (nSPS) is 16.0. The van der Waals surface area contributed by atoms with Gasteiger partial charge in [0.05, 0.1) is 18.9 Å². The molecule has 29 heavy (non-hydrogen) atoms. The Bertz CT molecular complexity index is 999. The summed E-state index contributed by atoms with van der Waals surface area (Å²) in [5, 5.41) is 3.50. The SMILES string of the molecule is O=C(Nc1ccc(Cl)cc1)[C@@H]1CCCN1C(=O)Cc1cccc(-c2ccoc2)c1. The van der Waals surface area contributed by atoms with Crippen molar-refractivity contribution in [1.29, 1.82) is 0 Å². The van der Waals surface area contributed by atoms with Gasteiger partial charge in [0.1, 0.15) is 6.04 Å². The zero-order valence-corrected chi connectivity index (χ0v) is 16.6. The van der Waals surface area contributed by atoms with E-state index in [1.165, 1.54) is 0 Å². The van der Waals surface area contributed by atoms with Crippen molar-refractivity contribution in [3.05, 3.63) is 77.7 Å². The molecule has 0 saturated carbocycles. The van der Waals surface area contributed by atoms with Gasteiger partial charge in [-0.1, -0.05) is 35.9 Å². The fraction of sp³-hybridized carbons (Fsp3) is 0.217. The number of carbonyl (C=O) groups is 2. The molecule has 2 amide bonds. The number of rotatable bonds is 5. The van der Waals surface area contributed by atoms with Crippen molar-refractivity contribution in [2.75, 3.05) is 11.9 Å². The smallest absolute Gasteiger partial charge is 0.247 e. The number of likely N-dealkylation sites (tertiary alicyclic amines) is 1. The van der Waals surface area contributed by atoms with Gasteiger partial charge in [0.2, 0.25) is 11.8 Å². The van der Waals surface area contributed by atoms with Crippen molar-refractivity contribution in [2.24, 2.45) is 0 Å². The third kappa shape index (κ3) is 4.51. The minimum Gasteiger partial charge on any atom is -0.472 e. The Hall–Kier alpha value is -3.05. The van der Waals surface area contributed by atoms with Crippen LogP contribution in [-0.2, 0) is 16.0 Å². The number of nitrogens with zero attached hydrogens (tertiary/aromatic N) is 1. The highest BCUT2D eigenvalue weighted by molar-refractivity contribution is 6.30. The van der Waals surface area contributed by atoms with E-state index in [-0.39, 0.29) is 18.2 Å². The zero-order chi connectivity index (χ0) is 20.2. The molecule has 1 aliphatic rings. The van der Waals surface area contributed by atoms with Crippen molar-refractivity contribution in [3.63, 3.8) is 0 Å². The summed E-state index contributed by atoms with van der Waals surface area (Å²) in [5.41, 5.74) is 3.56. The molecule has 0 spiro atoms. The average Bonchev–Trinajstić information content (AvgIpc) is 3.42. The van der Waals surface area contributed by atoms with Gasteiger partial charge in [-0.2, -0.15) is 0 Å². The van der Waals surface area contributed by atoms with Gasteiger partial charge >= 0.3 is 0 Å². The van der Waals surface area contributed by atoms with Crippen molar-refractivity contribution in [3.8, 4) is 11.1 Å². The highest BCUT2D eigenvalue weighted by Crippen LogP contribution is 2.24. The second kappa shape index (κ2) is 8.53. The van der Waals surface area contributed by atoms with E-state index in [4.69, 9.17) is 16.0 Å². The molecule has 2 heterocycles. The summed E-state index contributed by atoms with van der Waals surface area (Å²) in [5.74, 6) is -0.201. The minimum atomic E-state index is -0.449. The summed E-state index contributed by atoms with van der Waals surface area (Å²) in [6, 6.07) is 16.2. The molecule has 1 aromatic heterocycles. The van der Waals surface area contributed by atoms with Gasteiger partial charge in [-0.25, -0.2) is 0 Å². The second-order valence-electron chi connectivity index (χ2n) is 7.13. The van der Waals surface area contributed by atoms with Crippen LogP contribution >= 0.6 is 11.6 Å². The van der Waals surface area contributed by atoms with Crippen molar-refractivity contribution in [2.45, 2.75) is 25.3 Å². The van der Waals surface area contributed by atoms with Gasteiger partial charge in [0, 0.05) is 22.8 Å². The van der Waals surface area contributed by atoms with E-state index in [1.54, 1.807) is 41.7 Å². The predicted molar refractivity (Wildman–Crippen MR) is 113 cm³/mol. The average molecular weight is 409 g/mol. The van der Waals surface area contributed by atoms with Crippen LogP contribution in [0.2, 0.25) is 5.02 Å². The molecule has 5 nitrogen and oxygen atoms in total. The van der Waals surface area contributed by atoms with E-state index in [0.29, 0.717) is 23.7 Å². The third-order valence-corrected chi connectivity index (χ3v) is 5.38. The number of benzene rings is 2. The van der Waals surface area contributed by atoms with Crippen molar-refractivity contribution >= 4 is 29.1 Å². The number of furan rings is 1. The van der Waals surface area contributed by atoms with Crippen LogP contribution in [0.5, 0.6) is 0 Å². The molecule has 148 valence electrons. The fourth-order valence-corrected chi connectivity index (χ4v) is 3.79. The fourth-order valence-electron chi connectivity index (χ4n) is 3.66. The number of hydrogen-bond acceptors (Lipinski definition) is 3. The summed E-state index contributed by atoms with van der Waals surface area (Å²) < 4.78 is 5.14. The number of anilines is 1. The van der Waals surface area contributed by atoms with Gasteiger partial charge in [0.15, 0.2) is 0 Å². The summed E-state index contributed by atoms with van der Waals surface area (Å²) in [6.07, 6.45) is 5.05. The van der Waals surface area contributed by atoms with E-state index in [2.05, 4.69) is 5.32 Å². The molecule has 1 aliphatic heterocycles. The monoisotopic (exact) mass is 408 g/mol. The maximum absolute atomic E-state index is 12.9. The van der Waals surface area contributed by atoms with Crippen molar-refractivity contribution in [1.82, 2.24) is 4.90 Å². The highest BCUT2D eigenvalue weighted by atomic mass is 35.5. The van der Waals surface area contributed by atoms with E-state index in [0.717, 1.165) is 23.1 Å². The maximum Gasteiger partial charge on any atom is 0.247 e. The van der Waals surface area contributed by atoms with Gasteiger partial charge in [-0.15, -0.1) is 0 Å². The molecule has 0 radical (unpaired) electrons. The molecule has 1 atom stereocenters. The van der Waals surface area contributed by atoms with Crippen LogP contribution in [-0.4, -0.2) is 29.3 Å². The van der Waals surface area contributed by atoms with Crippen LogP contribution in [0.15, 0.2) is 71.5 Å². The molecule has 2 aromatic carbocycles. The first-order valence-corrected chi connectivity index (χ1v) is 9.95. The molecule has 4 rings (SSSR count).